The van der Waals surface area contributed by atoms with Crippen molar-refractivity contribution in [1.29, 1.82) is 0 Å². The normalized spacial score (nSPS) is 13.9. The van der Waals surface area contributed by atoms with Crippen LogP contribution in [0.3, 0.4) is 0 Å². The summed E-state index contributed by atoms with van der Waals surface area (Å²) in [5.41, 5.74) is 4.94. The van der Waals surface area contributed by atoms with Gasteiger partial charge in [0.15, 0.2) is 0 Å². The van der Waals surface area contributed by atoms with E-state index in [1.807, 2.05) is 32.0 Å². The second-order valence-electron chi connectivity index (χ2n) is 7.14. The van der Waals surface area contributed by atoms with Crippen LogP contribution in [0.15, 0.2) is 65.7 Å². The van der Waals surface area contributed by atoms with Gasteiger partial charge in [0.2, 0.25) is 0 Å². The lowest BCUT2D eigenvalue weighted by Crippen LogP contribution is -2.25. The van der Waals surface area contributed by atoms with Crippen molar-refractivity contribution in [3.63, 3.8) is 0 Å². The van der Waals surface area contributed by atoms with Gasteiger partial charge in [-0.2, -0.15) is 0 Å². The van der Waals surface area contributed by atoms with Crippen molar-refractivity contribution in [2.45, 2.75) is 31.6 Å². The SMILES string of the molecule is Cc1ccc(S(=O)(=O)Nc2ccc(N3CCCc4ccccc43)nc2)cc1C. The number of nitrogens with one attached hydrogen (secondary N) is 1. The number of sulfonamides is 1. The van der Waals surface area contributed by atoms with E-state index in [-0.39, 0.29) is 4.90 Å². The van der Waals surface area contributed by atoms with Gasteiger partial charge in [0, 0.05) is 12.2 Å². The molecule has 28 heavy (non-hydrogen) atoms. The number of aryl methyl sites for hydroxylation is 3. The van der Waals surface area contributed by atoms with E-state index in [2.05, 4.69) is 32.8 Å². The molecule has 0 amide bonds. The molecule has 2 heterocycles. The van der Waals surface area contributed by atoms with Gasteiger partial charge < -0.3 is 4.90 Å². The monoisotopic (exact) mass is 393 g/mol. The summed E-state index contributed by atoms with van der Waals surface area (Å²) in [6, 6.07) is 17.1. The van der Waals surface area contributed by atoms with Crippen LogP contribution in [0.1, 0.15) is 23.1 Å². The molecule has 0 fully saturated rings. The molecule has 1 aliphatic heterocycles. The van der Waals surface area contributed by atoms with Gasteiger partial charge in [-0.15, -0.1) is 0 Å². The average Bonchev–Trinajstić information content (AvgIpc) is 2.70. The van der Waals surface area contributed by atoms with Crippen molar-refractivity contribution in [2.24, 2.45) is 0 Å². The van der Waals surface area contributed by atoms with Gasteiger partial charge in [-0.25, -0.2) is 13.4 Å². The molecule has 0 radical (unpaired) electrons. The van der Waals surface area contributed by atoms with Gasteiger partial charge >= 0.3 is 0 Å². The Hall–Kier alpha value is -2.86. The molecule has 0 unspecified atom stereocenters. The highest BCUT2D eigenvalue weighted by Crippen LogP contribution is 2.32. The molecule has 1 aromatic heterocycles. The number of hydrogen-bond acceptors (Lipinski definition) is 4. The van der Waals surface area contributed by atoms with E-state index in [1.165, 1.54) is 11.3 Å². The summed E-state index contributed by atoms with van der Waals surface area (Å²) in [6.07, 6.45) is 3.71. The number of rotatable bonds is 4. The molecule has 0 saturated carbocycles. The maximum atomic E-state index is 12.7. The van der Waals surface area contributed by atoms with Crippen LogP contribution in [0.5, 0.6) is 0 Å². The number of nitrogens with zero attached hydrogens (tertiary/aromatic N) is 2. The molecule has 1 N–H and O–H groups in total. The molecule has 0 atom stereocenters. The highest BCUT2D eigenvalue weighted by molar-refractivity contribution is 7.92. The van der Waals surface area contributed by atoms with E-state index in [0.29, 0.717) is 5.69 Å². The van der Waals surface area contributed by atoms with Crippen molar-refractivity contribution < 1.29 is 8.42 Å². The molecule has 144 valence electrons. The zero-order chi connectivity index (χ0) is 19.7. The van der Waals surface area contributed by atoms with Gasteiger partial charge in [-0.05, 0) is 73.7 Å². The molecular weight excluding hydrogens is 370 g/mol. The summed E-state index contributed by atoms with van der Waals surface area (Å²) in [5.74, 6) is 0.821. The van der Waals surface area contributed by atoms with Crippen LogP contribution in [-0.4, -0.2) is 19.9 Å². The number of pyridine rings is 1. The zero-order valence-corrected chi connectivity index (χ0v) is 16.8. The largest absolute Gasteiger partial charge is 0.326 e. The van der Waals surface area contributed by atoms with Crippen molar-refractivity contribution >= 4 is 27.2 Å². The van der Waals surface area contributed by atoms with Crippen LogP contribution >= 0.6 is 0 Å². The van der Waals surface area contributed by atoms with Crippen molar-refractivity contribution in [3.8, 4) is 0 Å². The van der Waals surface area contributed by atoms with Crippen molar-refractivity contribution in [2.75, 3.05) is 16.2 Å². The van der Waals surface area contributed by atoms with E-state index in [0.717, 1.165) is 36.3 Å². The predicted molar refractivity (Wildman–Crippen MR) is 113 cm³/mol. The fourth-order valence-electron chi connectivity index (χ4n) is 3.47. The van der Waals surface area contributed by atoms with E-state index < -0.39 is 10.0 Å². The Morgan fingerprint density at radius 3 is 2.57 bits per heavy atom. The lowest BCUT2D eigenvalue weighted by molar-refractivity contribution is 0.601. The average molecular weight is 394 g/mol. The first-order valence-electron chi connectivity index (χ1n) is 9.36. The lowest BCUT2D eigenvalue weighted by atomic mass is 10.0. The molecule has 5 nitrogen and oxygen atoms in total. The van der Waals surface area contributed by atoms with Crippen LogP contribution in [0.2, 0.25) is 0 Å². The lowest BCUT2D eigenvalue weighted by Gasteiger charge is -2.30. The Labute approximate surface area is 166 Å². The third kappa shape index (κ3) is 3.60. The fourth-order valence-corrected chi connectivity index (χ4v) is 4.60. The van der Waals surface area contributed by atoms with Gasteiger partial charge in [0.1, 0.15) is 5.82 Å². The van der Waals surface area contributed by atoms with Crippen LogP contribution in [-0.2, 0) is 16.4 Å². The quantitative estimate of drug-likeness (QED) is 0.705. The summed E-state index contributed by atoms with van der Waals surface area (Å²) >= 11 is 0. The second kappa shape index (κ2) is 7.28. The first-order chi connectivity index (χ1) is 13.4. The van der Waals surface area contributed by atoms with E-state index in [4.69, 9.17) is 0 Å². The number of aromatic nitrogens is 1. The molecule has 4 rings (SSSR count). The summed E-state index contributed by atoms with van der Waals surface area (Å²) in [6.45, 7) is 4.76. The van der Waals surface area contributed by atoms with Gasteiger partial charge in [-0.1, -0.05) is 24.3 Å². The maximum Gasteiger partial charge on any atom is 0.261 e. The van der Waals surface area contributed by atoms with E-state index in [1.54, 1.807) is 24.4 Å². The molecule has 0 bridgehead atoms. The molecule has 0 spiro atoms. The highest BCUT2D eigenvalue weighted by atomic mass is 32.2. The number of fused-ring (bicyclic) bond motifs is 1. The van der Waals surface area contributed by atoms with Crippen molar-refractivity contribution in [3.05, 3.63) is 77.5 Å². The van der Waals surface area contributed by atoms with Crippen LogP contribution < -0.4 is 9.62 Å². The predicted octanol–water partition coefficient (Wildman–Crippen LogP) is 4.58. The third-order valence-electron chi connectivity index (χ3n) is 5.18. The Kier molecular flexibility index (Phi) is 4.81. The van der Waals surface area contributed by atoms with Crippen LogP contribution in [0.4, 0.5) is 17.2 Å². The Morgan fingerprint density at radius 1 is 1.00 bits per heavy atom. The number of benzene rings is 2. The number of para-hydroxylation sites is 1. The minimum atomic E-state index is -3.64. The molecule has 0 aliphatic carbocycles. The van der Waals surface area contributed by atoms with Gasteiger partial charge in [0.05, 0.1) is 16.8 Å². The highest BCUT2D eigenvalue weighted by Gasteiger charge is 2.19. The fraction of sp³-hybridized carbons (Fsp3) is 0.227. The smallest absolute Gasteiger partial charge is 0.261 e. The topological polar surface area (TPSA) is 62.3 Å². The minimum Gasteiger partial charge on any atom is -0.326 e. The summed E-state index contributed by atoms with van der Waals surface area (Å²) < 4.78 is 28.0. The number of hydrogen-bond donors (Lipinski definition) is 1. The second-order valence-corrected chi connectivity index (χ2v) is 8.82. The molecule has 1 aliphatic rings. The summed E-state index contributed by atoms with van der Waals surface area (Å²) in [7, 11) is -3.64. The first kappa shape index (κ1) is 18.5. The zero-order valence-electron chi connectivity index (χ0n) is 16.0. The molecule has 6 heteroatoms. The van der Waals surface area contributed by atoms with Crippen LogP contribution in [0, 0.1) is 13.8 Å². The maximum absolute atomic E-state index is 12.7. The van der Waals surface area contributed by atoms with Crippen molar-refractivity contribution in [1.82, 2.24) is 4.98 Å². The summed E-state index contributed by atoms with van der Waals surface area (Å²) in [5, 5.41) is 0. The Balaban J connectivity index is 1.56. The van der Waals surface area contributed by atoms with Gasteiger partial charge in [-0.3, -0.25) is 4.72 Å². The third-order valence-corrected chi connectivity index (χ3v) is 6.55. The Bertz CT molecular complexity index is 1110. The molecular formula is C22H23N3O2S. The molecule has 0 saturated heterocycles. The Morgan fingerprint density at radius 2 is 1.82 bits per heavy atom. The molecule has 3 aromatic rings. The summed E-state index contributed by atoms with van der Waals surface area (Å²) in [4.78, 5) is 6.95. The molecule has 2 aromatic carbocycles. The van der Waals surface area contributed by atoms with Crippen LogP contribution in [0.25, 0.3) is 0 Å². The van der Waals surface area contributed by atoms with E-state index in [9.17, 15) is 8.42 Å². The van der Waals surface area contributed by atoms with E-state index >= 15 is 0 Å². The standard InChI is InChI=1S/C22H23N3O2S/c1-16-9-11-20(14-17(16)2)28(26,27)24-19-10-12-22(23-15-19)25-13-5-7-18-6-3-4-8-21(18)25/h3-4,6,8-12,14-15,24H,5,7,13H2,1-2H3. The number of anilines is 3. The van der Waals surface area contributed by atoms with Gasteiger partial charge in [0.25, 0.3) is 10.0 Å². The minimum absolute atomic E-state index is 0.254. The first-order valence-corrected chi connectivity index (χ1v) is 10.8.